The van der Waals surface area contributed by atoms with E-state index >= 15 is 0 Å². The van der Waals surface area contributed by atoms with E-state index in [-0.39, 0.29) is 5.91 Å². The molecule has 3 aromatic rings. The molecule has 0 atom stereocenters. The summed E-state index contributed by atoms with van der Waals surface area (Å²) in [6.07, 6.45) is 3.10. The summed E-state index contributed by atoms with van der Waals surface area (Å²) in [6.45, 7) is 4.12. The predicted octanol–water partition coefficient (Wildman–Crippen LogP) is 1.31. The second-order valence-corrected chi connectivity index (χ2v) is 8.73. The Labute approximate surface area is 197 Å². The highest BCUT2D eigenvalue weighted by Crippen LogP contribution is 2.28. The first-order chi connectivity index (χ1) is 16.7. The third-order valence-corrected chi connectivity index (χ3v) is 6.18. The van der Waals surface area contributed by atoms with E-state index in [1.165, 1.54) is 12.8 Å². The first-order valence-corrected chi connectivity index (χ1v) is 11.7. The summed E-state index contributed by atoms with van der Waals surface area (Å²) in [7, 11) is 1.95. The first-order valence-electron chi connectivity index (χ1n) is 11.7. The Bertz CT molecular complexity index is 1110. The molecule has 34 heavy (non-hydrogen) atoms. The van der Waals surface area contributed by atoms with Gasteiger partial charge in [-0.15, -0.1) is 10.2 Å². The van der Waals surface area contributed by atoms with E-state index in [1.54, 1.807) is 6.07 Å². The average molecular weight is 464 g/mol. The summed E-state index contributed by atoms with van der Waals surface area (Å²) >= 11 is 0. The topological polar surface area (TPSA) is 125 Å². The largest absolute Gasteiger partial charge is 0.378 e. The van der Waals surface area contributed by atoms with Gasteiger partial charge in [-0.05, 0) is 36.0 Å². The highest BCUT2D eigenvalue weighted by molar-refractivity contribution is 5.93. The van der Waals surface area contributed by atoms with E-state index in [0.717, 1.165) is 36.5 Å². The Kier molecular flexibility index (Phi) is 6.61. The number of aromatic amines is 1. The Morgan fingerprint density at radius 2 is 2.06 bits per heavy atom. The Morgan fingerprint density at radius 1 is 1.24 bits per heavy atom. The van der Waals surface area contributed by atoms with Gasteiger partial charge in [0.1, 0.15) is 11.5 Å². The number of morpholine rings is 1. The maximum atomic E-state index is 12.9. The summed E-state index contributed by atoms with van der Waals surface area (Å²) in [5.74, 6) is 2.30. The number of H-pyrrole nitrogens is 1. The molecule has 2 aromatic heterocycles. The van der Waals surface area contributed by atoms with Crippen LogP contribution in [0, 0.1) is 5.92 Å². The molecule has 5 rings (SSSR count). The number of nitrogens with one attached hydrogen (secondary N) is 2. The molecule has 178 valence electrons. The molecule has 1 aromatic carbocycles. The van der Waals surface area contributed by atoms with E-state index in [4.69, 9.17) is 9.72 Å². The summed E-state index contributed by atoms with van der Waals surface area (Å²) in [6, 6.07) is 9.78. The maximum Gasteiger partial charge on any atom is 0.270 e. The van der Waals surface area contributed by atoms with Gasteiger partial charge in [0, 0.05) is 44.9 Å². The van der Waals surface area contributed by atoms with Crippen molar-refractivity contribution in [3.63, 3.8) is 0 Å². The number of carbonyl (C=O) groups excluding carboxylic acids is 1. The minimum absolute atomic E-state index is 0.152. The molecule has 0 spiro atoms. The molecule has 1 aliphatic heterocycles. The fraction of sp³-hybridized carbons (Fsp3) is 0.478. The van der Waals surface area contributed by atoms with Gasteiger partial charge >= 0.3 is 0 Å². The van der Waals surface area contributed by atoms with Crippen LogP contribution in [0.5, 0.6) is 0 Å². The van der Waals surface area contributed by atoms with Gasteiger partial charge in [-0.3, -0.25) is 4.79 Å². The third-order valence-electron chi connectivity index (χ3n) is 6.18. The molecule has 0 bridgehead atoms. The number of rotatable bonds is 9. The maximum absolute atomic E-state index is 12.9. The lowest BCUT2D eigenvalue weighted by Crippen LogP contribution is -2.37. The van der Waals surface area contributed by atoms with Crippen molar-refractivity contribution in [1.82, 2.24) is 35.9 Å². The van der Waals surface area contributed by atoms with Gasteiger partial charge in [-0.1, -0.05) is 24.3 Å². The number of carbonyl (C=O) groups is 1. The Morgan fingerprint density at radius 3 is 2.82 bits per heavy atom. The number of hydrogen-bond acceptors (Lipinski definition) is 9. The van der Waals surface area contributed by atoms with Gasteiger partial charge in [0.25, 0.3) is 5.91 Å². The number of aromatic nitrogens is 6. The summed E-state index contributed by atoms with van der Waals surface area (Å²) in [5.41, 5.74) is 2.43. The normalized spacial score (nSPS) is 15.9. The quantitative estimate of drug-likeness (QED) is 0.483. The number of likely N-dealkylation sites (N-methyl/N-ethyl adjacent to an activating group) is 1. The Balaban J connectivity index is 1.35. The number of hydrogen-bond donors (Lipinski definition) is 2. The second-order valence-electron chi connectivity index (χ2n) is 8.73. The summed E-state index contributed by atoms with van der Waals surface area (Å²) in [4.78, 5) is 26.4. The minimum Gasteiger partial charge on any atom is -0.378 e. The molecule has 2 N–H and O–H groups in total. The molecule has 2 aliphatic rings. The molecule has 0 radical (unpaired) electrons. The lowest BCUT2D eigenvalue weighted by atomic mass is 10.0. The number of amides is 1. The fourth-order valence-corrected chi connectivity index (χ4v) is 3.93. The molecular formula is C23H29N9O2. The van der Waals surface area contributed by atoms with Crippen LogP contribution in [0.25, 0.3) is 11.4 Å². The zero-order valence-electron chi connectivity index (χ0n) is 19.3. The molecule has 1 amide bonds. The van der Waals surface area contributed by atoms with E-state index in [0.29, 0.717) is 49.7 Å². The number of benzene rings is 1. The summed E-state index contributed by atoms with van der Waals surface area (Å²) < 4.78 is 5.49. The van der Waals surface area contributed by atoms with Gasteiger partial charge in [0.2, 0.25) is 11.8 Å². The van der Waals surface area contributed by atoms with E-state index in [1.807, 2.05) is 30.1 Å². The lowest BCUT2D eigenvalue weighted by molar-refractivity contribution is 0.0946. The molecule has 11 nitrogen and oxygen atoms in total. The van der Waals surface area contributed by atoms with Crippen molar-refractivity contribution in [2.75, 3.05) is 56.2 Å². The van der Waals surface area contributed by atoms with Gasteiger partial charge in [-0.2, -0.15) is 10.2 Å². The molecule has 1 saturated heterocycles. The van der Waals surface area contributed by atoms with Crippen LogP contribution in [0.15, 0.2) is 30.3 Å². The van der Waals surface area contributed by atoms with Crippen LogP contribution in [0.2, 0.25) is 0 Å². The van der Waals surface area contributed by atoms with Gasteiger partial charge in [0.05, 0.1) is 13.2 Å². The van der Waals surface area contributed by atoms with Crippen LogP contribution < -0.4 is 15.1 Å². The number of anilines is 2. The number of ether oxygens (including phenoxy) is 1. The molecule has 3 heterocycles. The zero-order valence-corrected chi connectivity index (χ0v) is 19.3. The predicted molar refractivity (Wildman–Crippen MR) is 127 cm³/mol. The zero-order chi connectivity index (χ0) is 23.3. The van der Waals surface area contributed by atoms with Crippen molar-refractivity contribution in [2.45, 2.75) is 19.3 Å². The van der Waals surface area contributed by atoms with Crippen molar-refractivity contribution in [3.8, 4) is 11.4 Å². The lowest BCUT2D eigenvalue weighted by Gasteiger charge is -2.29. The number of tetrazole rings is 1. The van der Waals surface area contributed by atoms with Crippen molar-refractivity contribution < 1.29 is 9.53 Å². The first kappa shape index (κ1) is 22.2. The van der Waals surface area contributed by atoms with Crippen molar-refractivity contribution in [2.24, 2.45) is 5.92 Å². The van der Waals surface area contributed by atoms with E-state index in [9.17, 15) is 4.79 Å². The highest BCUT2D eigenvalue weighted by atomic mass is 16.5. The van der Waals surface area contributed by atoms with Crippen molar-refractivity contribution >= 4 is 17.7 Å². The van der Waals surface area contributed by atoms with Crippen LogP contribution in [0.1, 0.15) is 28.9 Å². The molecule has 1 aliphatic carbocycles. The smallest absolute Gasteiger partial charge is 0.270 e. The number of nitrogens with zero attached hydrogens (tertiary/aromatic N) is 7. The van der Waals surface area contributed by atoms with Gasteiger partial charge in [0.15, 0.2) is 0 Å². The second kappa shape index (κ2) is 10.1. The molecule has 11 heteroatoms. The summed E-state index contributed by atoms with van der Waals surface area (Å²) in [5, 5.41) is 17.4. The SMILES string of the molecule is CN(CCc1ccccc1-c1nn[nH]n1)c1nc(C(=O)NCC2CC2)cc(N2CCOCC2)n1. The Hall–Kier alpha value is -3.60. The standard InChI is InChI=1S/C23H29N9O2/c1-31(9-8-17-4-2-3-5-18(17)21-27-29-30-28-21)23-25-19(22(33)24-15-16-6-7-16)14-20(26-23)32-10-12-34-13-11-32/h2-5,14,16H,6-13,15H2,1H3,(H,24,33)(H,27,28,29,30). The van der Waals surface area contributed by atoms with Gasteiger partial charge in [-0.25, -0.2) is 4.98 Å². The molecule has 2 fully saturated rings. The van der Waals surface area contributed by atoms with Crippen LogP contribution in [-0.2, 0) is 11.2 Å². The average Bonchev–Trinajstić information content (AvgIpc) is 3.56. The van der Waals surface area contributed by atoms with E-state index in [2.05, 4.69) is 41.9 Å². The molecule has 0 unspecified atom stereocenters. The van der Waals surface area contributed by atoms with Crippen LogP contribution in [0.4, 0.5) is 11.8 Å². The van der Waals surface area contributed by atoms with Crippen molar-refractivity contribution in [3.05, 3.63) is 41.6 Å². The highest BCUT2D eigenvalue weighted by Gasteiger charge is 2.24. The third kappa shape index (κ3) is 5.30. The minimum atomic E-state index is -0.152. The molecule has 1 saturated carbocycles. The van der Waals surface area contributed by atoms with Gasteiger partial charge < -0.3 is 19.9 Å². The fourth-order valence-electron chi connectivity index (χ4n) is 3.93. The molecular weight excluding hydrogens is 434 g/mol. The van der Waals surface area contributed by atoms with E-state index < -0.39 is 0 Å². The van der Waals surface area contributed by atoms with Crippen molar-refractivity contribution in [1.29, 1.82) is 0 Å². The van der Waals surface area contributed by atoms with Crippen LogP contribution in [-0.4, -0.2) is 82.9 Å². The van der Waals surface area contributed by atoms with Crippen LogP contribution in [0.3, 0.4) is 0 Å². The van der Waals surface area contributed by atoms with Crippen LogP contribution >= 0.6 is 0 Å². The monoisotopic (exact) mass is 463 g/mol.